The van der Waals surface area contributed by atoms with E-state index in [0.717, 1.165) is 30.7 Å². The third kappa shape index (κ3) is 6.39. The molecule has 0 bridgehead atoms. The molecule has 17 heavy (non-hydrogen) atoms. The van der Waals surface area contributed by atoms with Crippen molar-refractivity contribution in [3.05, 3.63) is 0 Å². The third-order valence-corrected chi connectivity index (χ3v) is 4.93. The summed E-state index contributed by atoms with van der Waals surface area (Å²) in [7, 11) is 0. The highest BCUT2D eigenvalue weighted by molar-refractivity contribution is 14.1. The summed E-state index contributed by atoms with van der Waals surface area (Å²) in [4.78, 5) is 0. The lowest BCUT2D eigenvalue weighted by atomic mass is 9.97. The minimum Gasteiger partial charge on any atom is -0.379 e. The van der Waals surface area contributed by atoms with Gasteiger partial charge >= 0.3 is 0 Å². The number of ether oxygens (including phenoxy) is 2. The van der Waals surface area contributed by atoms with Gasteiger partial charge < -0.3 is 9.47 Å². The molecule has 2 nitrogen and oxygen atoms in total. The Morgan fingerprint density at radius 1 is 1.00 bits per heavy atom. The van der Waals surface area contributed by atoms with Crippen LogP contribution in [0.25, 0.3) is 0 Å². The van der Waals surface area contributed by atoms with E-state index in [1.165, 1.54) is 44.9 Å². The molecular formula is C14H27IO2. The molecule has 0 spiro atoms. The van der Waals surface area contributed by atoms with Gasteiger partial charge in [-0.2, -0.15) is 0 Å². The molecule has 1 aliphatic rings. The number of hydrogen-bond donors (Lipinski definition) is 0. The van der Waals surface area contributed by atoms with E-state index in [0.29, 0.717) is 0 Å². The van der Waals surface area contributed by atoms with Gasteiger partial charge in [0.05, 0.1) is 18.8 Å². The maximum atomic E-state index is 6.15. The molecule has 3 heteroatoms. The van der Waals surface area contributed by atoms with Gasteiger partial charge in [-0.15, -0.1) is 0 Å². The Labute approximate surface area is 120 Å². The highest BCUT2D eigenvalue weighted by atomic mass is 127. The van der Waals surface area contributed by atoms with E-state index in [2.05, 4.69) is 29.5 Å². The predicted molar refractivity (Wildman–Crippen MR) is 81.0 cm³/mol. The van der Waals surface area contributed by atoms with Crippen LogP contribution in [0.15, 0.2) is 0 Å². The normalized spacial score (nSPS) is 20.1. The van der Waals surface area contributed by atoms with Crippen molar-refractivity contribution in [3.63, 3.8) is 0 Å². The molecule has 0 N–H and O–H groups in total. The monoisotopic (exact) mass is 354 g/mol. The minimum atomic E-state index is 0.158. The molecule has 1 aliphatic carbocycles. The van der Waals surface area contributed by atoms with Crippen LogP contribution in [0.3, 0.4) is 0 Å². The first-order chi connectivity index (χ1) is 8.33. The molecule has 1 rings (SSSR count). The summed E-state index contributed by atoms with van der Waals surface area (Å²) < 4.78 is 12.8. The fourth-order valence-electron chi connectivity index (χ4n) is 2.35. The van der Waals surface area contributed by atoms with Crippen molar-refractivity contribution in [2.45, 2.75) is 63.9 Å². The topological polar surface area (TPSA) is 18.5 Å². The summed E-state index contributed by atoms with van der Waals surface area (Å²) in [6.07, 6.45) is 10.3. The lowest BCUT2D eigenvalue weighted by molar-refractivity contribution is -0.0601. The van der Waals surface area contributed by atoms with Gasteiger partial charge in [-0.1, -0.05) is 61.6 Å². The van der Waals surface area contributed by atoms with E-state index in [4.69, 9.17) is 9.47 Å². The molecule has 0 radical (unpaired) electrons. The van der Waals surface area contributed by atoms with Gasteiger partial charge in [0.25, 0.3) is 0 Å². The summed E-state index contributed by atoms with van der Waals surface area (Å²) in [6, 6.07) is 0. The van der Waals surface area contributed by atoms with Crippen LogP contribution in [0.1, 0.15) is 58.3 Å². The van der Waals surface area contributed by atoms with E-state index < -0.39 is 0 Å². The van der Waals surface area contributed by atoms with Gasteiger partial charge in [-0.05, 0) is 19.3 Å². The van der Waals surface area contributed by atoms with Crippen LogP contribution in [0.4, 0.5) is 0 Å². The van der Waals surface area contributed by atoms with Crippen LogP contribution >= 0.6 is 22.6 Å². The molecule has 0 unspecified atom stereocenters. The van der Waals surface area contributed by atoms with Gasteiger partial charge in [-0.3, -0.25) is 0 Å². The van der Waals surface area contributed by atoms with Crippen molar-refractivity contribution in [1.29, 1.82) is 0 Å². The molecule has 1 saturated carbocycles. The van der Waals surface area contributed by atoms with Crippen LogP contribution in [-0.4, -0.2) is 29.8 Å². The summed E-state index contributed by atoms with van der Waals surface area (Å²) in [5, 5.41) is 0. The Morgan fingerprint density at radius 3 is 2.29 bits per heavy atom. The molecule has 1 fully saturated rings. The van der Waals surface area contributed by atoms with Crippen molar-refractivity contribution in [3.8, 4) is 0 Å². The van der Waals surface area contributed by atoms with Crippen LogP contribution < -0.4 is 0 Å². The van der Waals surface area contributed by atoms with Crippen LogP contribution in [-0.2, 0) is 9.47 Å². The fraction of sp³-hybridized carbons (Fsp3) is 1.00. The van der Waals surface area contributed by atoms with Crippen molar-refractivity contribution >= 4 is 22.6 Å². The number of unbranched alkanes of at least 4 members (excludes halogenated alkanes) is 1. The maximum absolute atomic E-state index is 6.15. The zero-order valence-electron chi connectivity index (χ0n) is 11.2. The largest absolute Gasteiger partial charge is 0.379 e. The second-order valence-corrected chi connectivity index (χ2v) is 5.81. The van der Waals surface area contributed by atoms with E-state index in [1.807, 2.05) is 0 Å². The Bertz CT molecular complexity index is 177. The molecule has 0 atom stereocenters. The van der Waals surface area contributed by atoms with Gasteiger partial charge in [0.15, 0.2) is 0 Å². The molecule has 0 aliphatic heterocycles. The molecule has 102 valence electrons. The average Bonchev–Trinajstić information content (AvgIpc) is 2.60. The highest BCUT2D eigenvalue weighted by Crippen LogP contribution is 2.32. The smallest absolute Gasteiger partial charge is 0.0772 e. The molecular weight excluding hydrogens is 327 g/mol. The predicted octanol–water partition coefficient (Wildman–Crippen LogP) is 4.35. The van der Waals surface area contributed by atoms with Crippen LogP contribution in [0.5, 0.6) is 0 Å². The molecule has 0 amide bonds. The maximum Gasteiger partial charge on any atom is 0.0772 e. The summed E-state index contributed by atoms with van der Waals surface area (Å²) >= 11 is 2.49. The van der Waals surface area contributed by atoms with Gasteiger partial charge in [-0.25, -0.2) is 0 Å². The second kappa shape index (κ2) is 9.56. The van der Waals surface area contributed by atoms with E-state index in [1.54, 1.807) is 0 Å². The summed E-state index contributed by atoms with van der Waals surface area (Å²) in [5.41, 5.74) is 0.158. The van der Waals surface area contributed by atoms with Crippen LogP contribution in [0.2, 0.25) is 0 Å². The number of rotatable bonds is 8. The lowest BCUT2D eigenvalue weighted by Gasteiger charge is -2.31. The first-order valence-electron chi connectivity index (χ1n) is 7.11. The summed E-state index contributed by atoms with van der Waals surface area (Å²) in [5.74, 6) is 0. The van der Waals surface area contributed by atoms with E-state index in [9.17, 15) is 0 Å². The minimum absolute atomic E-state index is 0.158. The van der Waals surface area contributed by atoms with Crippen molar-refractivity contribution in [1.82, 2.24) is 0 Å². The third-order valence-electron chi connectivity index (χ3n) is 3.54. The van der Waals surface area contributed by atoms with Crippen LogP contribution in [0, 0.1) is 0 Å². The Hall–Kier alpha value is 0.650. The van der Waals surface area contributed by atoms with E-state index in [-0.39, 0.29) is 5.60 Å². The first-order valence-corrected chi connectivity index (χ1v) is 8.63. The molecule has 0 aromatic heterocycles. The second-order valence-electron chi connectivity index (χ2n) is 5.05. The van der Waals surface area contributed by atoms with Crippen molar-refractivity contribution in [2.75, 3.05) is 24.2 Å². The number of hydrogen-bond acceptors (Lipinski definition) is 2. The first kappa shape index (κ1) is 15.7. The molecule has 0 heterocycles. The van der Waals surface area contributed by atoms with E-state index >= 15 is 0 Å². The number of halogens is 1. The zero-order valence-corrected chi connectivity index (χ0v) is 13.3. The zero-order chi connectivity index (χ0) is 12.4. The van der Waals surface area contributed by atoms with Gasteiger partial charge in [0.1, 0.15) is 0 Å². The van der Waals surface area contributed by atoms with Gasteiger partial charge in [0, 0.05) is 11.0 Å². The molecule has 0 saturated heterocycles. The SMILES string of the molecule is CCCCOCCOC1(CI)CCCCCC1. The van der Waals surface area contributed by atoms with Crippen molar-refractivity contribution in [2.24, 2.45) is 0 Å². The lowest BCUT2D eigenvalue weighted by Crippen LogP contribution is -2.35. The summed E-state index contributed by atoms with van der Waals surface area (Å²) in [6.45, 7) is 4.61. The fourth-order valence-corrected chi connectivity index (χ4v) is 3.34. The highest BCUT2D eigenvalue weighted by Gasteiger charge is 2.30. The Kier molecular flexibility index (Phi) is 8.84. The average molecular weight is 354 g/mol. The standard InChI is InChI=1S/C14H27IO2/c1-2-3-10-16-11-12-17-14(13-15)8-6-4-5-7-9-14/h2-13H2,1H3. The Balaban J connectivity index is 2.16. The molecule has 0 aromatic rings. The Morgan fingerprint density at radius 2 is 1.71 bits per heavy atom. The number of alkyl halides is 1. The van der Waals surface area contributed by atoms with Gasteiger partial charge in [0.2, 0.25) is 0 Å². The van der Waals surface area contributed by atoms with Crippen molar-refractivity contribution < 1.29 is 9.47 Å². The quantitative estimate of drug-likeness (QED) is 0.279. The molecule has 0 aromatic carbocycles.